The van der Waals surface area contributed by atoms with E-state index in [9.17, 15) is 9.59 Å². The van der Waals surface area contributed by atoms with Crippen LogP contribution in [0.15, 0.2) is 35.5 Å². The highest BCUT2D eigenvalue weighted by atomic mass is 16.2. The molecular weight excluding hydrogens is 478 g/mol. The maximum atomic E-state index is 13.3. The summed E-state index contributed by atoms with van der Waals surface area (Å²) >= 11 is 0. The van der Waals surface area contributed by atoms with Crippen LogP contribution in [0.3, 0.4) is 0 Å². The van der Waals surface area contributed by atoms with Crippen LogP contribution in [0.1, 0.15) is 62.8 Å². The van der Waals surface area contributed by atoms with Gasteiger partial charge in [0.05, 0.1) is 24.0 Å². The lowest BCUT2D eigenvalue weighted by atomic mass is 9.89. The van der Waals surface area contributed by atoms with E-state index in [-0.39, 0.29) is 6.04 Å². The number of anilines is 3. The van der Waals surface area contributed by atoms with Gasteiger partial charge in [0.15, 0.2) is 0 Å². The molecule has 2 aliphatic rings. The van der Waals surface area contributed by atoms with E-state index >= 15 is 0 Å². The fourth-order valence-corrected chi connectivity index (χ4v) is 5.57. The van der Waals surface area contributed by atoms with Crippen LogP contribution in [0.4, 0.5) is 17.2 Å². The van der Waals surface area contributed by atoms with Crippen molar-refractivity contribution in [3.05, 3.63) is 47.2 Å². The summed E-state index contributed by atoms with van der Waals surface area (Å²) in [5.41, 5.74) is 16.0. The van der Waals surface area contributed by atoms with Crippen molar-refractivity contribution in [3.8, 4) is 0 Å². The number of pyridine rings is 1. The van der Waals surface area contributed by atoms with Crippen LogP contribution in [0.5, 0.6) is 0 Å². The first-order chi connectivity index (χ1) is 18.2. The first kappa shape index (κ1) is 27.6. The Bertz CT molecular complexity index is 1200. The van der Waals surface area contributed by atoms with Crippen molar-refractivity contribution >= 4 is 35.2 Å². The van der Waals surface area contributed by atoms with Gasteiger partial charge in [-0.05, 0) is 74.4 Å². The van der Waals surface area contributed by atoms with Crippen LogP contribution < -0.4 is 16.8 Å². The van der Waals surface area contributed by atoms with E-state index in [1.54, 1.807) is 11.0 Å². The number of rotatable bonds is 5. The minimum atomic E-state index is -0.679. The third kappa shape index (κ3) is 6.32. The lowest BCUT2D eigenvalue weighted by Crippen LogP contribution is -2.46. The van der Waals surface area contributed by atoms with Gasteiger partial charge in [-0.3, -0.25) is 14.6 Å². The number of likely N-dealkylation sites (tertiary alicyclic amines) is 2. The second-order valence-electron chi connectivity index (χ2n) is 11.0. The van der Waals surface area contributed by atoms with Gasteiger partial charge in [-0.25, -0.2) is 4.98 Å². The highest BCUT2D eigenvalue weighted by Crippen LogP contribution is 2.35. The molecule has 2 fully saturated rings. The van der Waals surface area contributed by atoms with E-state index in [1.807, 2.05) is 31.3 Å². The Morgan fingerprint density at radius 1 is 1.16 bits per heavy atom. The molecule has 0 aliphatic carbocycles. The van der Waals surface area contributed by atoms with Crippen LogP contribution in [-0.4, -0.2) is 65.5 Å². The number of amides is 2. The summed E-state index contributed by atoms with van der Waals surface area (Å²) in [4.78, 5) is 39.3. The molecule has 0 saturated carbocycles. The highest BCUT2D eigenvalue weighted by molar-refractivity contribution is 6.39. The zero-order valence-electron chi connectivity index (χ0n) is 23.0. The van der Waals surface area contributed by atoms with Gasteiger partial charge in [0, 0.05) is 30.6 Å². The molecule has 1 aromatic carbocycles. The molecule has 0 unspecified atom stereocenters. The van der Waals surface area contributed by atoms with Crippen molar-refractivity contribution in [2.45, 2.75) is 58.5 Å². The minimum Gasteiger partial charge on any atom is -0.398 e. The molecule has 0 radical (unpaired) electrons. The number of benzene rings is 1. The lowest BCUT2D eigenvalue weighted by Gasteiger charge is -2.38. The highest BCUT2D eigenvalue weighted by Gasteiger charge is 2.34. The number of carbonyl (C=O) groups excluding carboxylic acids is 2. The fourth-order valence-electron chi connectivity index (χ4n) is 5.57. The van der Waals surface area contributed by atoms with Gasteiger partial charge < -0.3 is 26.6 Å². The number of nitrogen functional groups attached to an aromatic ring is 2. The minimum absolute atomic E-state index is 0.220. The molecule has 2 aliphatic heterocycles. The number of hydrogen-bond acceptors (Lipinski definition) is 7. The standard InChI is InChI=1S/C29H41N7O2/c1-5-20-12-23(15-33-27(20)31)34-28(37)29(38)36-16-18(2)6-9-26(36)21-7-8-22(24(30)13-21)14-32-25-10-11-35(4)17-19(25)3/h7-8,12-15,18-19,25-26H,5-6,9-11,16-17,30H2,1-4H3,(H2,31,33)(H,34,37)/t18-,19-,25+,26+/m0/s1. The second kappa shape index (κ2) is 11.9. The molecule has 204 valence electrons. The second-order valence-corrected chi connectivity index (χ2v) is 11.0. The average Bonchev–Trinajstić information content (AvgIpc) is 2.89. The van der Waals surface area contributed by atoms with Gasteiger partial charge >= 0.3 is 11.8 Å². The molecular formula is C29H41N7O2. The number of carbonyl (C=O) groups is 2. The van der Waals surface area contributed by atoms with Crippen molar-refractivity contribution in [2.24, 2.45) is 16.8 Å². The van der Waals surface area contributed by atoms with E-state index in [0.717, 1.165) is 49.0 Å². The van der Waals surface area contributed by atoms with E-state index in [0.29, 0.717) is 48.0 Å². The molecule has 9 heteroatoms. The quantitative estimate of drug-likeness (QED) is 0.315. The molecule has 38 heavy (non-hydrogen) atoms. The average molecular weight is 520 g/mol. The third-order valence-electron chi connectivity index (χ3n) is 7.88. The largest absolute Gasteiger partial charge is 0.398 e. The molecule has 4 rings (SSSR count). The number of nitrogens with two attached hydrogens (primary N) is 2. The predicted molar refractivity (Wildman–Crippen MR) is 153 cm³/mol. The Morgan fingerprint density at radius 2 is 1.95 bits per heavy atom. The molecule has 3 heterocycles. The number of aromatic nitrogens is 1. The Balaban J connectivity index is 1.49. The van der Waals surface area contributed by atoms with Crippen molar-refractivity contribution in [3.63, 3.8) is 0 Å². The summed E-state index contributed by atoms with van der Waals surface area (Å²) in [6, 6.07) is 7.74. The zero-order valence-corrected chi connectivity index (χ0v) is 23.0. The third-order valence-corrected chi connectivity index (χ3v) is 7.88. The Morgan fingerprint density at radius 3 is 2.66 bits per heavy atom. The molecule has 2 saturated heterocycles. The Hall–Kier alpha value is -3.46. The topological polar surface area (TPSA) is 130 Å². The summed E-state index contributed by atoms with van der Waals surface area (Å²) in [5, 5.41) is 2.71. The predicted octanol–water partition coefficient (Wildman–Crippen LogP) is 3.51. The smallest absolute Gasteiger partial charge is 0.313 e. The molecule has 0 spiro atoms. The zero-order chi connectivity index (χ0) is 27.4. The molecule has 5 N–H and O–H groups in total. The number of aliphatic imine (C=N–C) groups is 1. The molecule has 4 atom stereocenters. The molecule has 9 nitrogen and oxygen atoms in total. The van der Waals surface area contributed by atoms with Gasteiger partial charge in [0.25, 0.3) is 0 Å². The Labute approximate surface area is 225 Å². The van der Waals surface area contributed by atoms with E-state index in [2.05, 4.69) is 36.1 Å². The van der Waals surface area contributed by atoms with Crippen molar-refractivity contribution in [1.29, 1.82) is 0 Å². The number of hydrogen-bond donors (Lipinski definition) is 3. The normalized spacial score (nSPS) is 24.5. The van der Waals surface area contributed by atoms with Gasteiger partial charge in [-0.1, -0.05) is 32.9 Å². The van der Waals surface area contributed by atoms with Gasteiger partial charge in [0.1, 0.15) is 5.82 Å². The van der Waals surface area contributed by atoms with Crippen LogP contribution >= 0.6 is 0 Å². The van der Waals surface area contributed by atoms with Gasteiger partial charge in [-0.2, -0.15) is 0 Å². The SMILES string of the molecule is CCc1cc(NC(=O)C(=O)N2C[C@@H](C)CC[C@@H]2c2ccc(C=N[C@@H]3CCN(C)C[C@@H]3C)c(N)c2)cnc1N. The summed E-state index contributed by atoms with van der Waals surface area (Å²) in [7, 11) is 2.15. The monoisotopic (exact) mass is 519 g/mol. The summed E-state index contributed by atoms with van der Waals surface area (Å²) in [6.45, 7) is 8.90. The number of aryl methyl sites for hydroxylation is 1. The first-order valence-corrected chi connectivity index (χ1v) is 13.6. The van der Waals surface area contributed by atoms with Crippen LogP contribution in [-0.2, 0) is 16.0 Å². The summed E-state index contributed by atoms with van der Waals surface area (Å²) < 4.78 is 0. The molecule has 2 aromatic rings. The summed E-state index contributed by atoms with van der Waals surface area (Å²) in [6.07, 6.45) is 6.82. The molecule has 2 amide bonds. The van der Waals surface area contributed by atoms with Gasteiger partial charge in [-0.15, -0.1) is 0 Å². The van der Waals surface area contributed by atoms with E-state index in [4.69, 9.17) is 16.5 Å². The fraction of sp³-hybridized carbons (Fsp3) is 0.517. The van der Waals surface area contributed by atoms with Crippen molar-refractivity contribution in [1.82, 2.24) is 14.8 Å². The number of nitrogens with zero attached hydrogens (tertiary/aromatic N) is 4. The lowest BCUT2D eigenvalue weighted by molar-refractivity contribution is -0.146. The Kier molecular flexibility index (Phi) is 8.66. The van der Waals surface area contributed by atoms with Crippen molar-refractivity contribution < 1.29 is 9.59 Å². The maximum absolute atomic E-state index is 13.3. The number of piperidine rings is 2. The van der Waals surface area contributed by atoms with Gasteiger partial charge in [0.2, 0.25) is 0 Å². The first-order valence-electron chi connectivity index (χ1n) is 13.6. The van der Waals surface area contributed by atoms with Crippen molar-refractivity contribution in [2.75, 3.05) is 43.5 Å². The van der Waals surface area contributed by atoms with E-state index < -0.39 is 11.8 Å². The maximum Gasteiger partial charge on any atom is 0.313 e. The summed E-state index contributed by atoms with van der Waals surface area (Å²) in [5.74, 6) is -0.0153. The van der Waals surface area contributed by atoms with Crippen LogP contribution in [0, 0.1) is 11.8 Å². The van der Waals surface area contributed by atoms with Crippen LogP contribution in [0.25, 0.3) is 0 Å². The number of nitrogens with one attached hydrogen (secondary N) is 1. The van der Waals surface area contributed by atoms with E-state index in [1.165, 1.54) is 6.20 Å². The van der Waals surface area contributed by atoms with Crippen LogP contribution in [0.2, 0.25) is 0 Å². The molecule has 1 aromatic heterocycles. The molecule has 0 bridgehead atoms.